The van der Waals surface area contributed by atoms with Gasteiger partial charge in [0.2, 0.25) is 0 Å². The van der Waals surface area contributed by atoms with Crippen LogP contribution in [-0.2, 0) is 10.2 Å². The highest BCUT2D eigenvalue weighted by atomic mass is 35.5. The van der Waals surface area contributed by atoms with Crippen molar-refractivity contribution in [1.29, 1.82) is 0 Å². The number of rotatable bonds is 4. The van der Waals surface area contributed by atoms with Gasteiger partial charge in [-0.1, -0.05) is 0 Å². The minimum atomic E-state index is -3.26. The predicted octanol–water partition coefficient (Wildman–Crippen LogP) is -0.482. The van der Waals surface area contributed by atoms with Gasteiger partial charge in [0.05, 0.1) is 0 Å². The molecule has 0 aliphatic carbocycles. The molecule has 0 amide bonds. The van der Waals surface area contributed by atoms with Crippen LogP contribution in [0.15, 0.2) is 0 Å². The molecule has 0 unspecified atom stereocenters. The molecule has 3 aliphatic rings. The number of hydrogen-bond donors (Lipinski definition) is 1. The SMILES string of the molecule is CN1CCN(S(=O)(=O)N2CCN(CC3CCNCC3)CC2)CC1.Cl. The summed E-state index contributed by atoms with van der Waals surface area (Å²) in [6, 6.07) is 0. The molecule has 3 rings (SSSR count). The molecule has 0 bridgehead atoms. The Morgan fingerprint density at radius 1 is 0.875 bits per heavy atom. The zero-order valence-electron chi connectivity index (χ0n) is 14.7. The van der Waals surface area contributed by atoms with Crippen molar-refractivity contribution < 1.29 is 8.42 Å². The number of hydrogen-bond acceptors (Lipinski definition) is 5. The zero-order chi connectivity index (χ0) is 16.3. The van der Waals surface area contributed by atoms with Gasteiger partial charge < -0.3 is 15.1 Å². The lowest BCUT2D eigenvalue weighted by Gasteiger charge is -2.40. The molecule has 0 aromatic carbocycles. The van der Waals surface area contributed by atoms with E-state index in [1.165, 1.54) is 12.8 Å². The number of halogens is 1. The maximum atomic E-state index is 12.8. The first-order chi connectivity index (χ1) is 11.1. The van der Waals surface area contributed by atoms with E-state index in [1.807, 2.05) is 7.05 Å². The van der Waals surface area contributed by atoms with E-state index < -0.39 is 10.2 Å². The van der Waals surface area contributed by atoms with Gasteiger partial charge in [0.15, 0.2) is 0 Å². The van der Waals surface area contributed by atoms with Crippen LogP contribution in [-0.4, -0.2) is 106 Å². The Kier molecular flexibility index (Phi) is 7.73. The van der Waals surface area contributed by atoms with Crippen molar-refractivity contribution in [3.05, 3.63) is 0 Å². The second kappa shape index (κ2) is 9.12. The van der Waals surface area contributed by atoms with Crippen LogP contribution in [0.4, 0.5) is 0 Å². The highest BCUT2D eigenvalue weighted by Crippen LogP contribution is 2.17. The first kappa shape index (κ1) is 20.4. The van der Waals surface area contributed by atoms with E-state index in [1.54, 1.807) is 8.61 Å². The van der Waals surface area contributed by atoms with Crippen molar-refractivity contribution >= 4 is 22.6 Å². The van der Waals surface area contributed by atoms with Crippen molar-refractivity contribution in [2.45, 2.75) is 12.8 Å². The van der Waals surface area contributed by atoms with E-state index in [9.17, 15) is 8.42 Å². The molecular weight excluding hydrogens is 350 g/mol. The van der Waals surface area contributed by atoms with Crippen LogP contribution in [0, 0.1) is 5.92 Å². The lowest BCUT2D eigenvalue weighted by Crippen LogP contribution is -2.57. The standard InChI is InChI=1S/C15H31N5O2S.ClH/c1-17-6-10-19(11-7-17)23(21,22)20-12-8-18(9-13-20)14-15-2-4-16-5-3-15;/h15-16H,2-14H2,1H3;1H. The molecule has 0 saturated carbocycles. The van der Waals surface area contributed by atoms with Gasteiger partial charge in [-0.3, -0.25) is 0 Å². The van der Waals surface area contributed by atoms with Crippen LogP contribution < -0.4 is 5.32 Å². The van der Waals surface area contributed by atoms with E-state index in [0.29, 0.717) is 26.2 Å². The van der Waals surface area contributed by atoms with Crippen molar-refractivity contribution in [1.82, 2.24) is 23.7 Å². The van der Waals surface area contributed by atoms with Crippen LogP contribution in [0.2, 0.25) is 0 Å². The average Bonchev–Trinajstić information content (AvgIpc) is 2.57. The van der Waals surface area contributed by atoms with Crippen LogP contribution in [0.1, 0.15) is 12.8 Å². The predicted molar refractivity (Wildman–Crippen MR) is 98.8 cm³/mol. The minimum absolute atomic E-state index is 0. The third-order valence-corrected chi connectivity index (χ3v) is 7.46. The third kappa shape index (κ3) is 5.03. The fraction of sp³-hybridized carbons (Fsp3) is 1.00. The molecule has 3 fully saturated rings. The molecule has 0 atom stereocenters. The normalized spacial score (nSPS) is 27.0. The van der Waals surface area contributed by atoms with Gasteiger partial charge in [0, 0.05) is 58.9 Å². The molecule has 24 heavy (non-hydrogen) atoms. The summed E-state index contributed by atoms with van der Waals surface area (Å²) in [5.41, 5.74) is 0. The summed E-state index contributed by atoms with van der Waals surface area (Å²) < 4.78 is 28.9. The van der Waals surface area contributed by atoms with Gasteiger partial charge in [0.1, 0.15) is 0 Å². The fourth-order valence-corrected chi connectivity index (χ4v) is 5.33. The summed E-state index contributed by atoms with van der Waals surface area (Å²) in [6.45, 7) is 9.30. The minimum Gasteiger partial charge on any atom is -0.317 e. The van der Waals surface area contributed by atoms with Crippen molar-refractivity contribution in [2.24, 2.45) is 5.92 Å². The highest BCUT2D eigenvalue weighted by molar-refractivity contribution is 7.86. The highest BCUT2D eigenvalue weighted by Gasteiger charge is 2.34. The van der Waals surface area contributed by atoms with E-state index >= 15 is 0 Å². The molecular formula is C15H32ClN5O2S. The van der Waals surface area contributed by atoms with Gasteiger partial charge in [-0.2, -0.15) is 17.0 Å². The molecule has 3 heterocycles. The number of piperidine rings is 1. The Bertz CT molecular complexity index is 470. The van der Waals surface area contributed by atoms with Crippen LogP contribution in [0.25, 0.3) is 0 Å². The summed E-state index contributed by atoms with van der Waals surface area (Å²) in [4.78, 5) is 4.63. The van der Waals surface area contributed by atoms with E-state index in [0.717, 1.165) is 51.7 Å². The van der Waals surface area contributed by atoms with Gasteiger partial charge in [-0.15, -0.1) is 12.4 Å². The number of likely N-dealkylation sites (N-methyl/N-ethyl adjacent to an activating group) is 1. The van der Waals surface area contributed by atoms with Gasteiger partial charge in [-0.05, 0) is 38.9 Å². The molecule has 3 saturated heterocycles. The van der Waals surface area contributed by atoms with E-state index in [4.69, 9.17) is 0 Å². The lowest BCUT2D eigenvalue weighted by molar-refractivity contribution is 0.144. The van der Waals surface area contributed by atoms with Gasteiger partial charge in [-0.25, -0.2) is 0 Å². The molecule has 9 heteroatoms. The van der Waals surface area contributed by atoms with Crippen LogP contribution in [0.3, 0.4) is 0 Å². The van der Waals surface area contributed by atoms with Crippen LogP contribution >= 0.6 is 12.4 Å². The Morgan fingerprint density at radius 2 is 1.38 bits per heavy atom. The summed E-state index contributed by atoms with van der Waals surface area (Å²) in [6.07, 6.45) is 2.50. The quantitative estimate of drug-likeness (QED) is 0.712. The maximum Gasteiger partial charge on any atom is 0.282 e. The Hall–Kier alpha value is 0.0400. The molecule has 0 spiro atoms. The molecule has 1 N–H and O–H groups in total. The molecule has 142 valence electrons. The van der Waals surface area contributed by atoms with Crippen LogP contribution in [0.5, 0.6) is 0 Å². The van der Waals surface area contributed by atoms with Crippen molar-refractivity contribution in [3.63, 3.8) is 0 Å². The Labute approximate surface area is 152 Å². The smallest absolute Gasteiger partial charge is 0.282 e. The number of nitrogens with zero attached hydrogens (tertiary/aromatic N) is 4. The lowest BCUT2D eigenvalue weighted by atomic mass is 9.97. The molecule has 0 aromatic rings. The largest absolute Gasteiger partial charge is 0.317 e. The number of nitrogens with one attached hydrogen (secondary N) is 1. The summed E-state index contributed by atoms with van der Waals surface area (Å²) >= 11 is 0. The van der Waals surface area contributed by atoms with Crippen molar-refractivity contribution in [2.75, 3.05) is 79.0 Å². The van der Waals surface area contributed by atoms with Gasteiger partial charge in [0.25, 0.3) is 10.2 Å². The zero-order valence-corrected chi connectivity index (χ0v) is 16.3. The maximum absolute atomic E-state index is 12.8. The first-order valence-electron chi connectivity index (χ1n) is 8.92. The summed E-state index contributed by atoms with van der Waals surface area (Å²) in [5.74, 6) is 0.775. The van der Waals surface area contributed by atoms with E-state index in [-0.39, 0.29) is 12.4 Å². The fourth-order valence-electron chi connectivity index (χ4n) is 3.75. The monoisotopic (exact) mass is 381 g/mol. The summed E-state index contributed by atoms with van der Waals surface area (Å²) in [5, 5.41) is 3.40. The molecule has 0 aromatic heterocycles. The van der Waals surface area contributed by atoms with Gasteiger partial charge >= 0.3 is 0 Å². The second-order valence-corrected chi connectivity index (χ2v) is 9.03. The topological polar surface area (TPSA) is 59.1 Å². The first-order valence-corrected chi connectivity index (χ1v) is 10.3. The molecule has 0 radical (unpaired) electrons. The Morgan fingerprint density at radius 3 is 1.92 bits per heavy atom. The molecule has 7 nitrogen and oxygen atoms in total. The average molecular weight is 382 g/mol. The second-order valence-electron chi connectivity index (χ2n) is 7.10. The Balaban J connectivity index is 0.00000208. The van der Waals surface area contributed by atoms with Crippen molar-refractivity contribution in [3.8, 4) is 0 Å². The number of piperazine rings is 2. The summed E-state index contributed by atoms with van der Waals surface area (Å²) in [7, 11) is -1.22. The third-order valence-electron chi connectivity index (χ3n) is 5.42. The van der Waals surface area contributed by atoms with E-state index in [2.05, 4.69) is 15.1 Å². The molecule has 3 aliphatic heterocycles.